The quantitative estimate of drug-likeness (QED) is 0.756. The van der Waals surface area contributed by atoms with Crippen molar-refractivity contribution in [1.29, 1.82) is 5.26 Å². The van der Waals surface area contributed by atoms with Gasteiger partial charge in [-0.1, -0.05) is 12.5 Å². The first-order chi connectivity index (χ1) is 9.62. The molecular weight excluding hydrogens is 250 g/mol. The Morgan fingerprint density at radius 3 is 2.85 bits per heavy atom. The van der Waals surface area contributed by atoms with Crippen molar-refractivity contribution in [2.45, 2.75) is 39.7 Å². The van der Waals surface area contributed by atoms with E-state index in [0.29, 0.717) is 0 Å². The van der Waals surface area contributed by atoms with Crippen LogP contribution in [-0.2, 0) is 6.54 Å². The predicted octanol–water partition coefficient (Wildman–Crippen LogP) is 3.06. The molecule has 104 valence electrons. The normalized spacial score (nSPS) is 11.2. The van der Waals surface area contributed by atoms with E-state index >= 15 is 0 Å². The minimum Gasteiger partial charge on any atom is -0.312 e. The van der Waals surface area contributed by atoms with Gasteiger partial charge in [-0.05, 0) is 38.8 Å². The molecule has 0 fully saturated rings. The summed E-state index contributed by atoms with van der Waals surface area (Å²) < 4.78 is 2.02. The van der Waals surface area contributed by atoms with E-state index in [1.807, 2.05) is 36.6 Å². The second kappa shape index (κ2) is 6.29. The average molecular weight is 269 g/mol. The second-order valence-corrected chi connectivity index (χ2v) is 5.52. The van der Waals surface area contributed by atoms with Gasteiger partial charge in [0.05, 0.1) is 11.5 Å². The Morgan fingerprint density at radius 2 is 2.15 bits per heavy atom. The zero-order chi connectivity index (χ0) is 14.4. The van der Waals surface area contributed by atoms with Gasteiger partial charge >= 0.3 is 0 Å². The van der Waals surface area contributed by atoms with E-state index in [-0.39, 0.29) is 5.41 Å². The van der Waals surface area contributed by atoms with E-state index in [4.69, 9.17) is 5.26 Å². The molecule has 0 saturated carbocycles. The molecule has 20 heavy (non-hydrogen) atoms. The minimum absolute atomic E-state index is 0.239. The van der Waals surface area contributed by atoms with Crippen LogP contribution in [0.1, 0.15) is 33.1 Å². The van der Waals surface area contributed by atoms with Crippen molar-refractivity contribution in [3.8, 4) is 17.6 Å². The fourth-order valence-electron chi connectivity index (χ4n) is 2.02. The maximum Gasteiger partial charge on any atom is 0.182 e. The van der Waals surface area contributed by atoms with Crippen LogP contribution in [-0.4, -0.2) is 19.7 Å². The Kier molecular flexibility index (Phi) is 4.46. The van der Waals surface area contributed by atoms with E-state index in [1.54, 1.807) is 12.5 Å². The molecule has 2 heterocycles. The first kappa shape index (κ1) is 14.2. The number of rotatable bonds is 6. The number of unbranched alkanes of at least 4 members (excludes halogenated alkanes) is 1. The Bertz CT molecular complexity index is 580. The van der Waals surface area contributed by atoms with E-state index in [1.165, 1.54) is 0 Å². The molecule has 0 saturated heterocycles. The molecular formula is C15H19N5. The number of nitrogens with zero attached hydrogens (tertiary/aromatic N) is 5. The lowest BCUT2D eigenvalue weighted by Gasteiger charge is -2.14. The number of hydrogen-bond acceptors (Lipinski definition) is 4. The number of aromatic nitrogens is 4. The summed E-state index contributed by atoms with van der Waals surface area (Å²) in [6.45, 7) is 4.80. The molecule has 5 heteroatoms. The molecule has 0 N–H and O–H groups in total. The molecule has 5 nitrogen and oxygen atoms in total. The third kappa shape index (κ3) is 3.64. The number of hydrogen-bond donors (Lipinski definition) is 0. The molecule has 2 aromatic heterocycles. The van der Waals surface area contributed by atoms with Crippen molar-refractivity contribution in [2.75, 3.05) is 0 Å². The molecule has 0 spiro atoms. The van der Waals surface area contributed by atoms with Crippen LogP contribution >= 0.6 is 0 Å². The lowest BCUT2D eigenvalue weighted by atomic mass is 9.89. The fraction of sp³-hybridized carbons (Fsp3) is 0.467. The highest BCUT2D eigenvalue weighted by molar-refractivity contribution is 5.48. The van der Waals surface area contributed by atoms with Gasteiger partial charge in [0.2, 0.25) is 0 Å². The summed E-state index contributed by atoms with van der Waals surface area (Å²) in [4.78, 5) is 4.30. The van der Waals surface area contributed by atoms with Gasteiger partial charge in [0.25, 0.3) is 0 Å². The van der Waals surface area contributed by atoms with Gasteiger partial charge in [-0.2, -0.15) is 5.26 Å². The molecule has 0 aliphatic rings. The Morgan fingerprint density at radius 1 is 1.30 bits per heavy atom. The molecule has 0 radical (unpaired) electrons. The summed E-state index contributed by atoms with van der Waals surface area (Å²) in [7, 11) is 0. The summed E-state index contributed by atoms with van der Waals surface area (Å²) in [5.41, 5.74) is 0.596. The van der Waals surface area contributed by atoms with Crippen molar-refractivity contribution in [2.24, 2.45) is 5.41 Å². The molecule has 2 rings (SSSR count). The van der Waals surface area contributed by atoms with E-state index < -0.39 is 0 Å². The second-order valence-electron chi connectivity index (χ2n) is 5.52. The Hall–Kier alpha value is -2.22. The van der Waals surface area contributed by atoms with Crippen LogP contribution in [0.25, 0.3) is 11.5 Å². The number of nitriles is 1. The fourth-order valence-corrected chi connectivity index (χ4v) is 2.02. The molecule has 0 atom stereocenters. The van der Waals surface area contributed by atoms with Gasteiger partial charge in [0.15, 0.2) is 5.82 Å². The van der Waals surface area contributed by atoms with Gasteiger partial charge in [0, 0.05) is 12.7 Å². The van der Waals surface area contributed by atoms with Crippen molar-refractivity contribution >= 4 is 0 Å². The first-order valence-electron chi connectivity index (χ1n) is 6.83. The van der Waals surface area contributed by atoms with Gasteiger partial charge in [-0.15, -0.1) is 10.2 Å². The van der Waals surface area contributed by atoms with Crippen LogP contribution in [0.2, 0.25) is 0 Å². The average Bonchev–Trinajstić information content (AvgIpc) is 2.93. The topological polar surface area (TPSA) is 67.4 Å². The minimum atomic E-state index is -0.239. The molecule has 0 unspecified atom stereocenters. The molecule has 0 aliphatic heterocycles. The predicted molar refractivity (Wildman–Crippen MR) is 76.5 cm³/mol. The van der Waals surface area contributed by atoms with Gasteiger partial charge < -0.3 is 4.57 Å². The van der Waals surface area contributed by atoms with Gasteiger partial charge in [0.1, 0.15) is 12.0 Å². The lowest BCUT2D eigenvalue weighted by Crippen LogP contribution is -2.08. The smallest absolute Gasteiger partial charge is 0.182 e. The summed E-state index contributed by atoms with van der Waals surface area (Å²) in [5, 5.41) is 17.1. The van der Waals surface area contributed by atoms with Gasteiger partial charge in [-0.3, -0.25) is 4.98 Å². The standard InChI is InChI=1S/C15H19N5/c1-15(2,11-16)8-4-6-10-20-12-18-19-14(20)13-7-3-5-9-17-13/h3,5,7,9,12H,4,6,8,10H2,1-2H3. The molecule has 0 bridgehead atoms. The van der Waals surface area contributed by atoms with Crippen LogP contribution in [0.5, 0.6) is 0 Å². The number of aryl methyl sites for hydroxylation is 1. The third-order valence-corrected chi connectivity index (χ3v) is 3.26. The summed E-state index contributed by atoms with van der Waals surface area (Å²) >= 11 is 0. The van der Waals surface area contributed by atoms with Crippen LogP contribution < -0.4 is 0 Å². The third-order valence-electron chi connectivity index (χ3n) is 3.26. The highest BCUT2D eigenvalue weighted by Crippen LogP contribution is 2.22. The van der Waals surface area contributed by atoms with Crippen LogP contribution in [0, 0.1) is 16.7 Å². The van der Waals surface area contributed by atoms with Crippen LogP contribution in [0.15, 0.2) is 30.7 Å². The zero-order valence-corrected chi connectivity index (χ0v) is 12.0. The van der Waals surface area contributed by atoms with Gasteiger partial charge in [-0.25, -0.2) is 0 Å². The van der Waals surface area contributed by atoms with Crippen molar-refractivity contribution in [1.82, 2.24) is 19.7 Å². The Labute approximate surface area is 119 Å². The van der Waals surface area contributed by atoms with E-state index in [2.05, 4.69) is 21.3 Å². The summed E-state index contributed by atoms with van der Waals surface area (Å²) in [6.07, 6.45) is 6.41. The largest absolute Gasteiger partial charge is 0.312 e. The van der Waals surface area contributed by atoms with E-state index in [0.717, 1.165) is 37.3 Å². The Balaban J connectivity index is 1.92. The summed E-state index contributed by atoms with van der Waals surface area (Å²) in [6, 6.07) is 8.08. The van der Waals surface area contributed by atoms with Crippen molar-refractivity contribution in [3.05, 3.63) is 30.7 Å². The molecule has 2 aromatic rings. The summed E-state index contributed by atoms with van der Waals surface area (Å²) in [5.74, 6) is 0.796. The monoisotopic (exact) mass is 269 g/mol. The zero-order valence-electron chi connectivity index (χ0n) is 12.0. The lowest BCUT2D eigenvalue weighted by molar-refractivity contribution is 0.417. The SMILES string of the molecule is CC(C)(C#N)CCCCn1cnnc1-c1ccccn1. The van der Waals surface area contributed by atoms with Crippen LogP contribution in [0.4, 0.5) is 0 Å². The number of pyridine rings is 1. The first-order valence-corrected chi connectivity index (χ1v) is 6.83. The molecule has 0 aliphatic carbocycles. The maximum atomic E-state index is 8.99. The van der Waals surface area contributed by atoms with E-state index in [9.17, 15) is 0 Å². The molecule has 0 aromatic carbocycles. The highest BCUT2D eigenvalue weighted by atomic mass is 15.3. The maximum absolute atomic E-state index is 8.99. The van der Waals surface area contributed by atoms with Crippen molar-refractivity contribution in [3.63, 3.8) is 0 Å². The van der Waals surface area contributed by atoms with Crippen molar-refractivity contribution < 1.29 is 0 Å². The highest BCUT2D eigenvalue weighted by Gasteiger charge is 2.15. The molecule has 0 amide bonds. The van der Waals surface area contributed by atoms with Crippen LogP contribution in [0.3, 0.4) is 0 Å².